The number of nitrogens with zero attached hydrogens (tertiary/aromatic N) is 1. The molecular formula is C21H12ClF3N2O2. The lowest BCUT2D eigenvalue weighted by molar-refractivity contribution is -0.137. The Morgan fingerprint density at radius 3 is 2.48 bits per heavy atom. The number of halogens is 4. The number of alkyl halides is 3. The molecule has 146 valence electrons. The van der Waals surface area contributed by atoms with Gasteiger partial charge in [0, 0.05) is 17.3 Å². The first kappa shape index (κ1) is 20.2. The Balaban J connectivity index is 1.81. The lowest BCUT2D eigenvalue weighted by atomic mass is 10.1. The number of anilines is 1. The lowest BCUT2D eigenvalue weighted by Crippen LogP contribution is -2.14. The molecule has 1 N–H and O–H groups in total. The first-order valence-corrected chi connectivity index (χ1v) is 8.61. The number of nitrogens with one attached hydrogen (secondary N) is 1. The molecule has 4 nitrogen and oxygen atoms in total. The Morgan fingerprint density at radius 1 is 1.10 bits per heavy atom. The van der Waals surface area contributed by atoms with Gasteiger partial charge in [-0.05, 0) is 30.3 Å². The zero-order valence-electron chi connectivity index (χ0n) is 14.6. The van der Waals surface area contributed by atoms with Gasteiger partial charge in [-0.2, -0.15) is 18.4 Å². The van der Waals surface area contributed by atoms with E-state index in [-0.39, 0.29) is 17.0 Å². The molecule has 3 aromatic rings. The zero-order valence-corrected chi connectivity index (χ0v) is 15.4. The molecule has 2 aromatic carbocycles. The van der Waals surface area contributed by atoms with Gasteiger partial charge in [0.25, 0.3) is 5.91 Å². The van der Waals surface area contributed by atoms with Gasteiger partial charge < -0.3 is 9.73 Å². The van der Waals surface area contributed by atoms with Crippen LogP contribution in [-0.2, 0) is 11.0 Å². The Labute approximate surface area is 168 Å². The predicted molar refractivity (Wildman–Crippen MR) is 103 cm³/mol. The van der Waals surface area contributed by atoms with E-state index < -0.39 is 22.7 Å². The van der Waals surface area contributed by atoms with Crippen molar-refractivity contribution in [3.63, 3.8) is 0 Å². The molecule has 0 atom stereocenters. The molecular weight excluding hydrogens is 405 g/mol. The van der Waals surface area contributed by atoms with E-state index in [1.54, 1.807) is 18.2 Å². The normalized spacial score (nSPS) is 11.8. The number of carbonyl (C=O) groups excluding carboxylic acids is 1. The number of amides is 1. The number of hydrogen-bond acceptors (Lipinski definition) is 3. The van der Waals surface area contributed by atoms with Crippen LogP contribution in [0.1, 0.15) is 11.3 Å². The Hall–Kier alpha value is -3.50. The molecule has 0 bridgehead atoms. The molecule has 0 aliphatic rings. The topological polar surface area (TPSA) is 66.0 Å². The van der Waals surface area contributed by atoms with Crippen molar-refractivity contribution in [2.75, 3.05) is 5.32 Å². The standard InChI is InChI=1S/C21H12ClF3N2O2/c22-18-8-6-15(11-17(18)21(23,24)25)27-20(28)14(12-26)10-16-7-9-19(29-16)13-4-2-1-3-5-13/h1-11H,(H,27,28)/b14-10+. The minimum Gasteiger partial charge on any atom is -0.457 e. The van der Waals surface area contributed by atoms with Gasteiger partial charge in [0.15, 0.2) is 0 Å². The van der Waals surface area contributed by atoms with E-state index in [1.165, 1.54) is 12.1 Å². The van der Waals surface area contributed by atoms with Gasteiger partial charge in [0.1, 0.15) is 23.2 Å². The molecule has 1 aromatic heterocycles. The maximum atomic E-state index is 12.9. The van der Waals surface area contributed by atoms with Crippen LogP contribution in [0.15, 0.2) is 70.7 Å². The van der Waals surface area contributed by atoms with Gasteiger partial charge in [0.05, 0.1) is 10.6 Å². The number of furan rings is 1. The average molecular weight is 417 g/mol. The summed E-state index contributed by atoms with van der Waals surface area (Å²) >= 11 is 5.56. The summed E-state index contributed by atoms with van der Waals surface area (Å²) in [5.74, 6) is -0.0784. The molecule has 0 radical (unpaired) electrons. The number of rotatable bonds is 4. The summed E-state index contributed by atoms with van der Waals surface area (Å²) in [5, 5.41) is 11.0. The molecule has 0 spiro atoms. The monoisotopic (exact) mass is 416 g/mol. The predicted octanol–water partition coefficient (Wildman–Crippen LogP) is 6.16. The van der Waals surface area contributed by atoms with E-state index in [0.717, 1.165) is 11.6 Å². The van der Waals surface area contributed by atoms with Crippen LogP contribution in [0.4, 0.5) is 18.9 Å². The van der Waals surface area contributed by atoms with Gasteiger partial charge in [-0.25, -0.2) is 0 Å². The van der Waals surface area contributed by atoms with Crippen molar-refractivity contribution in [2.24, 2.45) is 0 Å². The van der Waals surface area contributed by atoms with Crippen molar-refractivity contribution in [3.05, 3.63) is 82.6 Å². The quantitative estimate of drug-likeness (QED) is 0.409. The summed E-state index contributed by atoms with van der Waals surface area (Å²) in [4.78, 5) is 12.3. The minimum absolute atomic E-state index is 0.141. The highest BCUT2D eigenvalue weighted by atomic mass is 35.5. The van der Waals surface area contributed by atoms with Gasteiger partial charge in [-0.3, -0.25) is 4.79 Å². The van der Waals surface area contributed by atoms with Crippen LogP contribution >= 0.6 is 11.6 Å². The zero-order chi connectivity index (χ0) is 21.0. The Morgan fingerprint density at radius 2 is 1.83 bits per heavy atom. The summed E-state index contributed by atoms with van der Waals surface area (Å²) in [6.07, 6.45) is -3.46. The van der Waals surface area contributed by atoms with Crippen LogP contribution in [-0.4, -0.2) is 5.91 Å². The van der Waals surface area contributed by atoms with Crippen LogP contribution in [0.3, 0.4) is 0 Å². The largest absolute Gasteiger partial charge is 0.457 e. The molecule has 0 fully saturated rings. The van der Waals surface area contributed by atoms with E-state index in [2.05, 4.69) is 5.32 Å². The first-order valence-electron chi connectivity index (χ1n) is 8.23. The molecule has 3 rings (SSSR count). The highest BCUT2D eigenvalue weighted by Crippen LogP contribution is 2.36. The van der Waals surface area contributed by atoms with E-state index in [0.29, 0.717) is 11.8 Å². The molecule has 0 saturated carbocycles. The third kappa shape index (κ3) is 4.86. The summed E-state index contributed by atoms with van der Waals surface area (Å²) in [6.45, 7) is 0. The van der Waals surface area contributed by atoms with Crippen molar-refractivity contribution in [3.8, 4) is 17.4 Å². The SMILES string of the molecule is N#C/C(=C\c1ccc(-c2ccccc2)o1)C(=O)Nc1ccc(Cl)c(C(F)(F)F)c1. The van der Waals surface area contributed by atoms with Gasteiger partial charge >= 0.3 is 6.18 Å². The molecule has 1 heterocycles. The molecule has 0 aliphatic carbocycles. The first-order chi connectivity index (χ1) is 13.8. The molecule has 1 amide bonds. The van der Waals surface area contributed by atoms with E-state index >= 15 is 0 Å². The van der Waals surface area contributed by atoms with Crippen LogP contribution in [0.5, 0.6) is 0 Å². The number of hydrogen-bond donors (Lipinski definition) is 1. The molecule has 8 heteroatoms. The van der Waals surface area contributed by atoms with Gasteiger partial charge in [-0.15, -0.1) is 0 Å². The van der Waals surface area contributed by atoms with Crippen LogP contribution in [0, 0.1) is 11.3 Å². The summed E-state index contributed by atoms with van der Waals surface area (Å²) in [6, 6.07) is 17.1. The minimum atomic E-state index is -4.67. The van der Waals surface area contributed by atoms with Crippen molar-refractivity contribution >= 4 is 29.3 Å². The highest BCUT2D eigenvalue weighted by Gasteiger charge is 2.33. The van der Waals surface area contributed by atoms with Gasteiger partial charge in [0.2, 0.25) is 0 Å². The summed E-state index contributed by atoms with van der Waals surface area (Å²) < 4.78 is 44.5. The van der Waals surface area contributed by atoms with Gasteiger partial charge in [-0.1, -0.05) is 41.9 Å². The maximum Gasteiger partial charge on any atom is 0.417 e. The number of benzene rings is 2. The second kappa shape index (κ2) is 8.25. The fourth-order valence-electron chi connectivity index (χ4n) is 2.50. The lowest BCUT2D eigenvalue weighted by Gasteiger charge is -2.11. The molecule has 0 unspecified atom stereocenters. The van der Waals surface area contributed by atoms with Crippen molar-refractivity contribution < 1.29 is 22.4 Å². The molecule has 0 saturated heterocycles. The van der Waals surface area contributed by atoms with E-state index in [9.17, 15) is 23.2 Å². The van der Waals surface area contributed by atoms with Crippen LogP contribution < -0.4 is 5.32 Å². The maximum absolute atomic E-state index is 12.9. The smallest absolute Gasteiger partial charge is 0.417 e. The van der Waals surface area contributed by atoms with Crippen molar-refractivity contribution in [2.45, 2.75) is 6.18 Å². The fourth-order valence-corrected chi connectivity index (χ4v) is 2.72. The van der Waals surface area contributed by atoms with E-state index in [4.69, 9.17) is 16.0 Å². The van der Waals surface area contributed by atoms with E-state index in [1.807, 2.05) is 30.3 Å². The van der Waals surface area contributed by atoms with Crippen LogP contribution in [0.2, 0.25) is 5.02 Å². The molecule has 0 aliphatic heterocycles. The van der Waals surface area contributed by atoms with Crippen molar-refractivity contribution in [1.29, 1.82) is 5.26 Å². The summed E-state index contributed by atoms with van der Waals surface area (Å²) in [5.41, 5.74) is -0.742. The second-order valence-corrected chi connectivity index (χ2v) is 6.29. The third-order valence-corrected chi connectivity index (χ3v) is 4.20. The number of nitriles is 1. The fraction of sp³-hybridized carbons (Fsp3) is 0.0476. The van der Waals surface area contributed by atoms with Crippen LogP contribution in [0.25, 0.3) is 17.4 Å². The second-order valence-electron chi connectivity index (χ2n) is 5.88. The Kier molecular flexibility index (Phi) is 5.76. The highest BCUT2D eigenvalue weighted by molar-refractivity contribution is 6.31. The third-order valence-electron chi connectivity index (χ3n) is 3.87. The summed E-state index contributed by atoms with van der Waals surface area (Å²) in [7, 11) is 0. The Bertz CT molecular complexity index is 1110. The molecule has 29 heavy (non-hydrogen) atoms. The average Bonchev–Trinajstić information content (AvgIpc) is 3.16. The number of carbonyl (C=O) groups is 1. The van der Waals surface area contributed by atoms with Crippen molar-refractivity contribution in [1.82, 2.24) is 0 Å².